The highest BCUT2D eigenvalue weighted by atomic mass is 16.6. The minimum Gasteiger partial charge on any atom is -0.462 e. The van der Waals surface area contributed by atoms with E-state index in [1.54, 1.807) is 0 Å². The molecule has 0 fully saturated rings. The van der Waals surface area contributed by atoms with Gasteiger partial charge < -0.3 is 14.2 Å². The predicted molar refractivity (Wildman–Crippen MR) is 220 cm³/mol. The second-order valence-corrected chi connectivity index (χ2v) is 16.2. The van der Waals surface area contributed by atoms with Crippen LogP contribution in [0.3, 0.4) is 0 Å². The standard InChI is InChI=1S/C46H88O6/c1-5-7-9-11-13-14-15-16-17-18-19-20-21-26-30-34-38-45(48)51-41-43(40-50-44(47)37-33-29-24-12-10-8-6-2)52-46(49)39-35-31-27-23-22-25-28-32-36-42(3)4/h42-43H,5-41H2,1-4H3/t43-/m0/s1. The van der Waals surface area contributed by atoms with Crippen molar-refractivity contribution in [1.82, 2.24) is 0 Å². The molecule has 0 radical (unpaired) electrons. The van der Waals surface area contributed by atoms with Crippen LogP contribution in [-0.2, 0) is 28.6 Å². The average molecular weight is 737 g/mol. The van der Waals surface area contributed by atoms with E-state index in [1.165, 1.54) is 148 Å². The minimum atomic E-state index is -0.758. The Balaban J connectivity index is 4.23. The molecule has 0 aliphatic rings. The van der Waals surface area contributed by atoms with E-state index in [2.05, 4.69) is 27.7 Å². The van der Waals surface area contributed by atoms with Gasteiger partial charge in [0.1, 0.15) is 13.2 Å². The number of carbonyl (C=O) groups is 3. The summed E-state index contributed by atoms with van der Waals surface area (Å²) in [6.45, 7) is 8.93. The van der Waals surface area contributed by atoms with Crippen LogP contribution < -0.4 is 0 Å². The van der Waals surface area contributed by atoms with E-state index in [0.717, 1.165) is 63.7 Å². The van der Waals surface area contributed by atoms with Crippen LogP contribution in [0.5, 0.6) is 0 Å². The molecule has 1 atom stereocenters. The van der Waals surface area contributed by atoms with Gasteiger partial charge in [-0.3, -0.25) is 14.4 Å². The highest BCUT2D eigenvalue weighted by Crippen LogP contribution is 2.16. The third-order valence-electron chi connectivity index (χ3n) is 10.3. The Kier molecular flexibility index (Phi) is 39.4. The van der Waals surface area contributed by atoms with Gasteiger partial charge in [-0.1, -0.05) is 214 Å². The fourth-order valence-corrected chi connectivity index (χ4v) is 6.80. The molecule has 0 bridgehead atoms. The molecule has 0 rings (SSSR count). The number of ether oxygens (including phenoxy) is 3. The van der Waals surface area contributed by atoms with Crippen LogP contribution in [0.2, 0.25) is 0 Å². The second kappa shape index (κ2) is 40.6. The van der Waals surface area contributed by atoms with Gasteiger partial charge in [0.15, 0.2) is 6.10 Å². The van der Waals surface area contributed by atoms with Crippen molar-refractivity contribution >= 4 is 17.9 Å². The van der Waals surface area contributed by atoms with E-state index in [4.69, 9.17) is 14.2 Å². The summed E-state index contributed by atoms with van der Waals surface area (Å²) in [5, 5.41) is 0. The van der Waals surface area contributed by atoms with Gasteiger partial charge in [0.05, 0.1) is 0 Å². The first-order valence-electron chi connectivity index (χ1n) is 22.9. The lowest BCUT2D eigenvalue weighted by molar-refractivity contribution is -0.167. The number of rotatable bonds is 41. The number of carbonyl (C=O) groups excluding carboxylic acids is 3. The molecule has 0 heterocycles. The number of hydrogen-bond acceptors (Lipinski definition) is 6. The Bertz CT molecular complexity index is 781. The van der Waals surface area contributed by atoms with E-state index in [0.29, 0.717) is 19.3 Å². The SMILES string of the molecule is CCCCCCCCCCCCCCCCCCC(=O)OC[C@H](COC(=O)CCCCCCCCC)OC(=O)CCCCCCCCCCC(C)C. The Morgan fingerprint density at radius 2 is 0.635 bits per heavy atom. The summed E-state index contributed by atoms with van der Waals surface area (Å²) in [7, 11) is 0. The lowest BCUT2D eigenvalue weighted by Gasteiger charge is -2.18. The van der Waals surface area contributed by atoms with Crippen molar-refractivity contribution in [3.8, 4) is 0 Å². The molecule has 0 saturated carbocycles. The van der Waals surface area contributed by atoms with E-state index >= 15 is 0 Å². The zero-order chi connectivity index (χ0) is 38.2. The van der Waals surface area contributed by atoms with E-state index in [1.807, 2.05) is 0 Å². The summed E-state index contributed by atoms with van der Waals surface area (Å²) in [6.07, 6.45) is 39.6. The summed E-state index contributed by atoms with van der Waals surface area (Å²) in [6, 6.07) is 0. The van der Waals surface area contributed by atoms with Crippen LogP contribution in [0, 0.1) is 5.92 Å². The maximum absolute atomic E-state index is 12.7. The molecular formula is C46H88O6. The van der Waals surface area contributed by atoms with Gasteiger partial charge >= 0.3 is 17.9 Å². The van der Waals surface area contributed by atoms with Crippen molar-refractivity contribution in [1.29, 1.82) is 0 Å². The maximum atomic E-state index is 12.7. The van der Waals surface area contributed by atoms with Crippen LogP contribution >= 0.6 is 0 Å². The van der Waals surface area contributed by atoms with Crippen molar-refractivity contribution in [3.63, 3.8) is 0 Å². The fourth-order valence-electron chi connectivity index (χ4n) is 6.80. The topological polar surface area (TPSA) is 78.9 Å². The van der Waals surface area contributed by atoms with Gasteiger partial charge in [-0.25, -0.2) is 0 Å². The van der Waals surface area contributed by atoms with Gasteiger partial charge in [0.2, 0.25) is 0 Å². The van der Waals surface area contributed by atoms with Crippen LogP contribution in [0.25, 0.3) is 0 Å². The number of esters is 3. The average Bonchev–Trinajstić information content (AvgIpc) is 3.12. The molecular weight excluding hydrogens is 648 g/mol. The van der Waals surface area contributed by atoms with Gasteiger partial charge in [0.25, 0.3) is 0 Å². The second-order valence-electron chi connectivity index (χ2n) is 16.2. The lowest BCUT2D eigenvalue weighted by Crippen LogP contribution is -2.30. The normalized spacial score (nSPS) is 11.9. The molecule has 0 spiro atoms. The summed E-state index contributed by atoms with van der Waals surface area (Å²) >= 11 is 0. The summed E-state index contributed by atoms with van der Waals surface area (Å²) in [5.41, 5.74) is 0. The quantitative estimate of drug-likeness (QED) is 0.0353. The van der Waals surface area contributed by atoms with E-state index in [9.17, 15) is 14.4 Å². The first kappa shape index (κ1) is 50.4. The Morgan fingerprint density at radius 3 is 0.942 bits per heavy atom. The monoisotopic (exact) mass is 737 g/mol. The van der Waals surface area contributed by atoms with E-state index in [-0.39, 0.29) is 31.1 Å². The Labute approximate surface area is 323 Å². The summed E-state index contributed by atoms with van der Waals surface area (Å²) in [4.78, 5) is 37.6. The van der Waals surface area contributed by atoms with Gasteiger partial charge in [-0.15, -0.1) is 0 Å². The molecule has 0 aromatic heterocycles. The number of unbranched alkanes of at least 4 members (excludes halogenated alkanes) is 28. The lowest BCUT2D eigenvalue weighted by atomic mass is 10.0. The molecule has 6 nitrogen and oxygen atoms in total. The van der Waals surface area contributed by atoms with Crippen molar-refractivity contribution in [2.75, 3.05) is 13.2 Å². The summed E-state index contributed by atoms with van der Waals surface area (Å²) < 4.78 is 16.7. The molecule has 0 aliphatic carbocycles. The van der Waals surface area contributed by atoms with Crippen molar-refractivity contribution in [2.45, 2.75) is 259 Å². The summed E-state index contributed by atoms with van der Waals surface area (Å²) in [5.74, 6) is -0.0686. The molecule has 52 heavy (non-hydrogen) atoms. The van der Waals surface area contributed by atoms with Gasteiger partial charge in [-0.05, 0) is 25.2 Å². The zero-order valence-electron chi connectivity index (χ0n) is 35.3. The number of hydrogen-bond donors (Lipinski definition) is 0. The largest absolute Gasteiger partial charge is 0.462 e. The smallest absolute Gasteiger partial charge is 0.306 e. The highest BCUT2D eigenvalue weighted by Gasteiger charge is 2.19. The predicted octanol–water partition coefficient (Wildman–Crippen LogP) is 14.3. The first-order valence-corrected chi connectivity index (χ1v) is 22.9. The molecule has 0 aromatic carbocycles. The van der Waals surface area contributed by atoms with Crippen molar-refractivity contribution in [2.24, 2.45) is 5.92 Å². The molecule has 0 saturated heterocycles. The van der Waals surface area contributed by atoms with Gasteiger partial charge in [-0.2, -0.15) is 0 Å². The van der Waals surface area contributed by atoms with Crippen LogP contribution in [0.4, 0.5) is 0 Å². The third kappa shape index (κ3) is 39.6. The molecule has 6 heteroatoms. The molecule has 0 aromatic rings. The van der Waals surface area contributed by atoms with Crippen LogP contribution in [-0.4, -0.2) is 37.2 Å². The molecule has 0 aliphatic heterocycles. The third-order valence-corrected chi connectivity index (χ3v) is 10.3. The van der Waals surface area contributed by atoms with Gasteiger partial charge in [0, 0.05) is 19.3 Å². The first-order chi connectivity index (χ1) is 25.4. The maximum Gasteiger partial charge on any atom is 0.306 e. The van der Waals surface area contributed by atoms with Crippen LogP contribution in [0.1, 0.15) is 252 Å². The van der Waals surface area contributed by atoms with Crippen molar-refractivity contribution < 1.29 is 28.6 Å². The minimum absolute atomic E-state index is 0.0645. The molecule has 0 unspecified atom stereocenters. The Hall–Kier alpha value is -1.59. The molecule has 308 valence electrons. The zero-order valence-corrected chi connectivity index (χ0v) is 35.3. The van der Waals surface area contributed by atoms with E-state index < -0.39 is 6.10 Å². The Morgan fingerprint density at radius 1 is 0.365 bits per heavy atom. The fraction of sp³-hybridized carbons (Fsp3) is 0.935. The molecule has 0 amide bonds. The highest BCUT2D eigenvalue weighted by molar-refractivity contribution is 5.71. The van der Waals surface area contributed by atoms with Crippen molar-refractivity contribution in [3.05, 3.63) is 0 Å². The molecule has 0 N–H and O–H groups in total. The van der Waals surface area contributed by atoms with Crippen LogP contribution in [0.15, 0.2) is 0 Å².